The van der Waals surface area contributed by atoms with Gasteiger partial charge < -0.3 is 15.2 Å². The van der Waals surface area contributed by atoms with Gasteiger partial charge in [0.1, 0.15) is 6.54 Å². The molecule has 5 rings (SSSR count). The fourth-order valence-electron chi connectivity index (χ4n) is 4.81. The zero-order valence-corrected chi connectivity index (χ0v) is 17.1. The van der Waals surface area contributed by atoms with E-state index >= 15 is 0 Å². The molecule has 172 valence electrons. The molecule has 11 heteroatoms. The number of fused-ring (bicyclic) bond motifs is 1. The van der Waals surface area contributed by atoms with Gasteiger partial charge >= 0.3 is 6.61 Å². The molecule has 0 amide bonds. The SMILES string of the molecule is Nc1ncc(-c2cc([C@@H]3C4=CC(N5CCOCC5)C[C@H]43)n(CC(F)F)n2)cc1OC(F)F. The Balaban J connectivity index is 1.41. The van der Waals surface area contributed by atoms with E-state index in [4.69, 9.17) is 10.5 Å². The van der Waals surface area contributed by atoms with Gasteiger partial charge in [-0.05, 0) is 24.5 Å². The Morgan fingerprint density at radius 2 is 1.97 bits per heavy atom. The third-order valence-electron chi connectivity index (χ3n) is 6.31. The number of hydrogen-bond acceptors (Lipinski definition) is 6. The van der Waals surface area contributed by atoms with Gasteiger partial charge in [0.05, 0.1) is 18.9 Å². The monoisotopic (exact) mass is 453 g/mol. The fraction of sp³-hybridized carbons (Fsp3) is 0.524. The first-order valence-electron chi connectivity index (χ1n) is 10.5. The summed E-state index contributed by atoms with van der Waals surface area (Å²) in [5.74, 6) is -0.101. The molecule has 0 radical (unpaired) electrons. The zero-order valence-electron chi connectivity index (χ0n) is 17.1. The van der Waals surface area contributed by atoms with Gasteiger partial charge in [-0.2, -0.15) is 13.9 Å². The van der Waals surface area contributed by atoms with Gasteiger partial charge in [0.25, 0.3) is 6.43 Å². The number of pyridine rings is 1. The third kappa shape index (κ3) is 4.06. The quantitative estimate of drug-likeness (QED) is 0.513. The summed E-state index contributed by atoms with van der Waals surface area (Å²) in [4.78, 5) is 6.28. The molecule has 3 heterocycles. The van der Waals surface area contributed by atoms with Gasteiger partial charge in [-0.25, -0.2) is 13.8 Å². The van der Waals surface area contributed by atoms with Crippen LogP contribution in [-0.4, -0.2) is 65.0 Å². The number of anilines is 1. The number of alkyl halides is 4. The predicted molar refractivity (Wildman–Crippen MR) is 108 cm³/mol. The van der Waals surface area contributed by atoms with Gasteiger partial charge in [-0.1, -0.05) is 11.6 Å². The second-order valence-electron chi connectivity index (χ2n) is 8.22. The van der Waals surface area contributed by atoms with Crippen LogP contribution in [0.1, 0.15) is 18.0 Å². The average Bonchev–Trinajstić information content (AvgIpc) is 3.09. The highest BCUT2D eigenvalue weighted by atomic mass is 19.3. The summed E-state index contributed by atoms with van der Waals surface area (Å²) >= 11 is 0. The molecule has 3 aliphatic rings. The smallest absolute Gasteiger partial charge is 0.387 e. The van der Waals surface area contributed by atoms with Crippen LogP contribution in [-0.2, 0) is 11.3 Å². The molecule has 7 nitrogen and oxygen atoms in total. The van der Waals surface area contributed by atoms with Crippen molar-refractivity contribution in [3.8, 4) is 17.0 Å². The lowest BCUT2D eigenvalue weighted by atomic mass is 10.1. The van der Waals surface area contributed by atoms with Crippen molar-refractivity contribution in [3.63, 3.8) is 0 Å². The molecule has 0 spiro atoms. The van der Waals surface area contributed by atoms with Crippen molar-refractivity contribution in [3.05, 3.63) is 35.7 Å². The Morgan fingerprint density at radius 3 is 2.62 bits per heavy atom. The molecular weight excluding hydrogens is 430 g/mol. The first kappa shape index (κ1) is 21.2. The molecule has 2 fully saturated rings. The Morgan fingerprint density at radius 1 is 1.19 bits per heavy atom. The lowest BCUT2D eigenvalue weighted by Gasteiger charge is -2.32. The Kier molecular flexibility index (Phi) is 5.54. The molecule has 2 N–H and O–H groups in total. The number of aromatic nitrogens is 3. The molecule has 0 aromatic carbocycles. The maximum Gasteiger partial charge on any atom is 0.387 e. The van der Waals surface area contributed by atoms with Crippen LogP contribution in [0.5, 0.6) is 5.75 Å². The number of nitrogen functional groups attached to an aromatic ring is 1. The van der Waals surface area contributed by atoms with Gasteiger partial charge in [-0.3, -0.25) is 9.58 Å². The fourth-order valence-corrected chi connectivity index (χ4v) is 4.81. The number of hydrogen-bond donors (Lipinski definition) is 1. The molecule has 1 saturated carbocycles. The standard InChI is InChI=1S/C21H23F4N5O2/c22-18(23)10-30-16(19-13-6-12(7-14(13)19)29-1-3-31-4-2-29)8-15(28-30)11-5-17(32-21(24)25)20(26)27-9-11/h5-6,8-9,12,14,18-19,21H,1-4,7,10H2,(H2,26,27)/t12?,14-,19-/m1/s1. The highest BCUT2D eigenvalue weighted by Crippen LogP contribution is 2.60. The second kappa shape index (κ2) is 8.36. The lowest BCUT2D eigenvalue weighted by molar-refractivity contribution is -0.0494. The number of halogens is 4. The van der Waals surface area contributed by atoms with E-state index in [0.29, 0.717) is 28.9 Å². The van der Waals surface area contributed by atoms with E-state index in [1.807, 2.05) is 0 Å². The molecule has 2 aromatic heterocycles. The summed E-state index contributed by atoms with van der Waals surface area (Å²) in [6.45, 7) is -0.352. The Bertz CT molecular complexity index is 1020. The van der Waals surface area contributed by atoms with Crippen molar-refractivity contribution >= 4 is 5.82 Å². The molecule has 1 saturated heterocycles. The minimum atomic E-state index is -3.06. The molecule has 0 bridgehead atoms. The maximum atomic E-state index is 13.2. The summed E-state index contributed by atoms with van der Waals surface area (Å²) in [6, 6.07) is 3.39. The van der Waals surface area contributed by atoms with Crippen molar-refractivity contribution in [1.29, 1.82) is 0 Å². The molecule has 3 atom stereocenters. The van der Waals surface area contributed by atoms with Crippen LogP contribution >= 0.6 is 0 Å². The predicted octanol–water partition coefficient (Wildman–Crippen LogP) is 3.14. The van der Waals surface area contributed by atoms with Crippen molar-refractivity contribution in [2.24, 2.45) is 5.92 Å². The summed E-state index contributed by atoms with van der Waals surface area (Å²) in [5.41, 5.74) is 8.28. The summed E-state index contributed by atoms with van der Waals surface area (Å²) in [7, 11) is 0. The maximum absolute atomic E-state index is 13.2. The third-order valence-corrected chi connectivity index (χ3v) is 6.31. The second-order valence-corrected chi connectivity index (χ2v) is 8.22. The minimum absolute atomic E-state index is 0.0471. The molecule has 32 heavy (non-hydrogen) atoms. The van der Waals surface area contributed by atoms with Crippen LogP contribution in [0, 0.1) is 5.92 Å². The zero-order chi connectivity index (χ0) is 22.4. The number of nitrogens with two attached hydrogens (primary N) is 1. The molecular formula is C21H23F4N5O2. The van der Waals surface area contributed by atoms with Crippen LogP contribution in [0.25, 0.3) is 11.3 Å². The highest BCUT2D eigenvalue weighted by molar-refractivity contribution is 5.65. The summed E-state index contributed by atoms with van der Waals surface area (Å²) < 4.78 is 62.8. The van der Waals surface area contributed by atoms with Crippen molar-refractivity contribution in [1.82, 2.24) is 19.7 Å². The van der Waals surface area contributed by atoms with Crippen LogP contribution < -0.4 is 10.5 Å². The van der Waals surface area contributed by atoms with E-state index in [1.54, 1.807) is 6.07 Å². The minimum Gasteiger partial charge on any atom is -0.431 e. The summed E-state index contributed by atoms with van der Waals surface area (Å²) in [6.07, 6.45) is 2.00. The molecule has 1 aliphatic heterocycles. The lowest BCUT2D eigenvalue weighted by Crippen LogP contribution is -2.42. The number of nitrogens with zero attached hydrogens (tertiary/aromatic N) is 4. The van der Waals surface area contributed by atoms with Gasteiger partial charge in [-0.15, -0.1) is 0 Å². The summed E-state index contributed by atoms with van der Waals surface area (Å²) in [5, 5.41) is 4.33. The first-order valence-corrected chi connectivity index (χ1v) is 10.5. The van der Waals surface area contributed by atoms with Gasteiger partial charge in [0.2, 0.25) is 0 Å². The van der Waals surface area contributed by atoms with Crippen molar-refractivity contribution in [2.45, 2.75) is 38.0 Å². The topological polar surface area (TPSA) is 78.4 Å². The van der Waals surface area contributed by atoms with E-state index in [9.17, 15) is 17.6 Å². The van der Waals surface area contributed by atoms with E-state index in [0.717, 1.165) is 32.7 Å². The van der Waals surface area contributed by atoms with E-state index in [2.05, 4.69) is 25.8 Å². The van der Waals surface area contributed by atoms with Crippen LogP contribution in [0.4, 0.5) is 23.4 Å². The Hall–Kier alpha value is -2.66. The molecule has 1 unspecified atom stereocenters. The van der Waals surface area contributed by atoms with Gasteiger partial charge in [0.15, 0.2) is 11.6 Å². The van der Waals surface area contributed by atoms with Crippen LogP contribution in [0.15, 0.2) is 30.0 Å². The Labute approximate surface area is 181 Å². The molecule has 2 aliphatic carbocycles. The average molecular weight is 453 g/mol. The van der Waals surface area contributed by atoms with Gasteiger partial charge in [0, 0.05) is 42.5 Å². The number of morpholine rings is 1. The van der Waals surface area contributed by atoms with E-state index in [1.165, 1.54) is 22.5 Å². The number of allylic oxidation sites excluding steroid dienone is 1. The van der Waals surface area contributed by atoms with Crippen LogP contribution in [0.2, 0.25) is 0 Å². The van der Waals surface area contributed by atoms with Crippen molar-refractivity contribution < 1.29 is 27.0 Å². The van der Waals surface area contributed by atoms with Crippen LogP contribution in [0.3, 0.4) is 0 Å². The molecule has 2 aromatic rings. The largest absolute Gasteiger partial charge is 0.431 e. The van der Waals surface area contributed by atoms with E-state index in [-0.39, 0.29) is 17.5 Å². The first-order chi connectivity index (χ1) is 15.4. The number of ether oxygens (including phenoxy) is 2. The van der Waals surface area contributed by atoms with E-state index < -0.39 is 19.6 Å². The number of rotatable bonds is 7. The highest BCUT2D eigenvalue weighted by Gasteiger charge is 2.52. The van der Waals surface area contributed by atoms with Crippen molar-refractivity contribution in [2.75, 3.05) is 32.0 Å². The normalized spacial score (nSPS) is 25.3.